The van der Waals surface area contributed by atoms with Gasteiger partial charge in [-0.25, -0.2) is 13.5 Å². The van der Waals surface area contributed by atoms with E-state index in [1.807, 2.05) is 0 Å². The Labute approximate surface area is 170 Å². The summed E-state index contributed by atoms with van der Waals surface area (Å²) in [5.74, 6) is -2.40. The highest BCUT2D eigenvalue weighted by molar-refractivity contribution is 5.89. The van der Waals surface area contributed by atoms with Crippen molar-refractivity contribution in [2.45, 2.75) is 12.8 Å². The summed E-state index contributed by atoms with van der Waals surface area (Å²) in [6.45, 7) is -3.38. The molecule has 0 fully saturated rings. The molecule has 3 aromatic rings. The number of halogens is 7. The number of ether oxygens (including phenoxy) is 1. The number of allylic oxidation sites excluding steroid dienone is 1. The lowest BCUT2D eigenvalue weighted by Crippen LogP contribution is -2.09. The average molecular weight is 441 g/mol. The first-order valence-electron chi connectivity index (χ1n) is 8.38. The van der Waals surface area contributed by atoms with Crippen molar-refractivity contribution in [1.29, 1.82) is 5.26 Å². The Hall–Kier alpha value is -3.81. The van der Waals surface area contributed by atoms with E-state index in [2.05, 4.69) is 9.84 Å². The van der Waals surface area contributed by atoms with Gasteiger partial charge in [0.05, 0.1) is 17.3 Å². The quantitative estimate of drug-likeness (QED) is 0.284. The van der Waals surface area contributed by atoms with Crippen LogP contribution in [-0.4, -0.2) is 16.4 Å². The van der Waals surface area contributed by atoms with Gasteiger partial charge in [-0.2, -0.15) is 32.3 Å². The standard InChI is InChI=1S/C20H10F7N3O/c21-13-3-6-16(22)15(8-13)12(10-28)7-11-1-4-14(5-2-11)30-18(31-19(23)24)9-17(29-30)20(25,26)27/h1-9,19H. The molecule has 0 radical (unpaired) electrons. The molecule has 0 spiro atoms. The first kappa shape index (κ1) is 21.9. The summed E-state index contributed by atoms with van der Waals surface area (Å²) < 4.78 is 95.7. The number of nitrogens with zero attached hydrogens (tertiary/aromatic N) is 3. The second-order valence-electron chi connectivity index (χ2n) is 6.04. The predicted molar refractivity (Wildman–Crippen MR) is 95.0 cm³/mol. The van der Waals surface area contributed by atoms with Gasteiger partial charge in [-0.05, 0) is 42.0 Å². The van der Waals surface area contributed by atoms with Crippen molar-refractivity contribution in [3.8, 4) is 17.6 Å². The molecule has 0 saturated carbocycles. The summed E-state index contributed by atoms with van der Waals surface area (Å²) >= 11 is 0. The van der Waals surface area contributed by atoms with Crippen LogP contribution in [-0.2, 0) is 6.18 Å². The minimum Gasteiger partial charge on any atom is -0.417 e. The lowest BCUT2D eigenvalue weighted by Gasteiger charge is -2.08. The van der Waals surface area contributed by atoms with E-state index in [1.165, 1.54) is 30.3 Å². The molecule has 11 heteroatoms. The molecule has 0 bridgehead atoms. The maximum Gasteiger partial charge on any atom is 0.435 e. The van der Waals surface area contributed by atoms with Gasteiger partial charge in [-0.3, -0.25) is 0 Å². The normalized spacial score (nSPS) is 12.2. The fraction of sp³-hybridized carbons (Fsp3) is 0.100. The molecular formula is C20H10F7N3O. The second-order valence-corrected chi connectivity index (χ2v) is 6.04. The molecule has 0 N–H and O–H groups in total. The van der Waals surface area contributed by atoms with Crippen molar-refractivity contribution in [2.75, 3.05) is 0 Å². The van der Waals surface area contributed by atoms with E-state index in [4.69, 9.17) is 0 Å². The zero-order valence-corrected chi connectivity index (χ0v) is 15.2. The molecule has 0 unspecified atom stereocenters. The van der Waals surface area contributed by atoms with Gasteiger partial charge in [0.15, 0.2) is 5.69 Å². The molecule has 0 amide bonds. The van der Waals surface area contributed by atoms with Gasteiger partial charge in [0.25, 0.3) is 0 Å². The highest BCUT2D eigenvalue weighted by Gasteiger charge is 2.36. The van der Waals surface area contributed by atoms with Crippen molar-refractivity contribution < 1.29 is 35.5 Å². The van der Waals surface area contributed by atoms with Crippen LogP contribution in [0.4, 0.5) is 30.7 Å². The minimum atomic E-state index is -4.88. The van der Waals surface area contributed by atoms with E-state index >= 15 is 0 Å². The molecule has 0 aliphatic rings. The SMILES string of the molecule is N#CC(=Cc1ccc(-n2nc(C(F)(F)F)cc2OC(F)F)cc1)c1cc(F)ccc1F. The van der Waals surface area contributed by atoms with Crippen LogP contribution in [0.25, 0.3) is 17.3 Å². The molecule has 0 aliphatic heterocycles. The number of nitriles is 1. The molecule has 2 aromatic carbocycles. The minimum absolute atomic E-state index is 0.0428. The Morgan fingerprint density at radius 2 is 1.74 bits per heavy atom. The molecule has 1 aromatic heterocycles. The summed E-state index contributed by atoms with van der Waals surface area (Å²) in [7, 11) is 0. The second kappa shape index (κ2) is 8.51. The average Bonchev–Trinajstić information content (AvgIpc) is 3.12. The Morgan fingerprint density at radius 1 is 1.06 bits per heavy atom. The van der Waals surface area contributed by atoms with Crippen LogP contribution in [0.1, 0.15) is 16.8 Å². The maximum atomic E-state index is 13.9. The van der Waals surface area contributed by atoms with Gasteiger partial charge >= 0.3 is 12.8 Å². The molecule has 31 heavy (non-hydrogen) atoms. The monoisotopic (exact) mass is 441 g/mol. The first-order valence-corrected chi connectivity index (χ1v) is 8.38. The van der Waals surface area contributed by atoms with Gasteiger partial charge in [0.2, 0.25) is 5.88 Å². The highest BCUT2D eigenvalue weighted by atomic mass is 19.4. The predicted octanol–water partition coefficient (Wildman–Crippen LogP) is 5.83. The highest BCUT2D eigenvalue weighted by Crippen LogP contribution is 2.33. The Balaban J connectivity index is 1.98. The first-order chi connectivity index (χ1) is 14.6. The third kappa shape index (κ3) is 5.03. The van der Waals surface area contributed by atoms with Crippen molar-refractivity contribution in [3.63, 3.8) is 0 Å². The Morgan fingerprint density at radius 3 is 2.32 bits per heavy atom. The lowest BCUT2D eigenvalue weighted by molar-refractivity contribution is -0.141. The smallest absolute Gasteiger partial charge is 0.417 e. The number of hydrogen-bond acceptors (Lipinski definition) is 3. The van der Waals surface area contributed by atoms with Crippen LogP contribution in [0.15, 0.2) is 48.5 Å². The summed E-state index contributed by atoms with van der Waals surface area (Å²) in [5, 5.41) is 12.5. The fourth-order valence-electron chi connectivity index (χ4n) is 2.62. The molecule has 4 nitrogen and oxygen atoms in total. The van der Waals surface area contributed by atoms with Crippen LogP contribution in [0, 0.1) is 23.0 Å². The molecule has 160 valence electrons. The number of hydrogen-bond donors (Lipinski definition) is 0. The third-order valence-electron chi connectivity index (χ3n) is 3.96. The molecule has 1 heterocycles. The summed E-state index contributed by atoms with van der Waals surface area (Å²) in [5.41, 5.74) is -1.64. The van der Waals surface area contributed by atoms with Crippen LogP contribution < -0.4 is 4.74 Å². The topological polar surface area (TPSA) is 50.8 Å². The van der Waals surface area contributed by atoms with E-state index in [0.717, 1.165) is 18.2 Å². The van der Waals surface area contributed by atoms with E-state index in [9.17, 15) is 36.0 Å². The van der Waals surface area contributed by atoms with Crippen LogP contribution in [0.5, 0.6) is 5.88 Å². The van der Waals surface area contributed by atoms with Gasteiger partial charge in [0.1, 0.15) is 11.6 Å². The van der Waals surface area contributed by atoms with E-state index in [1.54, 1.807) is 6.07 Å². The Kier molecular flexibility index (Phi) is 6.01. The van der Waals surface area contributed by atoms with E-state index in [0.29, 0.717) is 16.3 Å². The Bertz CT molecular complexity index is 1160. The third-order valence-corrected chi connectivity index (χ3v) is 3.96. The maximum absolute atomic E-state index is 13.9. The number of aromatic nitrogens is 2. The van der Waals surface area contributed by atoms with E-state index < -0.39 is 36.0 Å². The van der Waals surface area contributed by atoms with Crippen molar-refractivity contribution >= 4 is 11.6 Å². The number of alkyl halides is 5. The van der Waals surface area contributed by atoms with Gasteiger partial charge in [-0.1, -0.05) is 12.1 Å². The zero-order valence-electron chi connectivity index (χ0n) is 15.2. The largest absolute Gasteiger partial charge is 0.435 e. The van der Waals surface area contributed by atoms with Gasteiger partial charge in [-0.15, -0.1) is 0 Å². The van der Waals surface area contributed by atoms with Crippen molar-refractivity contribution in [3.05, 3.63) is 77.0 Å². The number of benzene rings is 2. The van der Waals surface area contributed by atoms with Crippen molar-refractivity contribution in [1.82, 2.24) is 9.78 Å². The van der Waals surface area contributed by atoms with Crippen LogP contribution in [0.2, 0.25) is 0 Å². The molecule has 0 atom stereocenters. The summed E-state index contributed by atoms with van der Waals surface area (Å²) in [6, 6.07) is 9.78. The van der Waals surface area contributed by atoms with Crippen LogP contribution in [0.3, 0.4) is 0 Å². The van der Waals surface area contributed by atoms with Gasteiger partial charge < -0.3 is 4.74 Å². The van der Waals surface area contributed by atoms with Gasteiger partial charge in [0, 0.05) is 11.6 Å². The molecular weight excluding hydrogens is 431 g/mol. The fourth-order valence-corrected chi connectivity index (χ4v) is 2.62. The molecule has 0 saturated heterocycles. The van der Waals surface area contributed by atoms with Crippen LogP contribution >= 0.6 is 0 Å². The molecule has 0 aliphatic carbocycles. The zero-order chi connectivity index (χ0) is 22.8. The summed E-state index contributed by atoms with van der Waals surface area (Å²) in [6.07, 6.45) is -3.66. The molecule has 3 rings (SSSR count). The van der Waals surface area contributed by atoms with Crippen molar-refractivity contribution in [2.24, 2.45) is 0 Å². The number of rotatable bonds is 5. The summed E-state index contributed by atoms with van der Waals surface area (Å²) in [4.78, 5) is 0. The lowest BCUT2D eigenvalue weighted by atomic mass is 10.0. The van der Waals surface area contributed by atoms with E-state index in [-0.39, 0.29) is 16.8 Å².